The van der Waals surface area contributed by atoms with E-state index in [0.717, 1.165) is 6.07 Å². The molecule has 4 aromatic rings. The van der Waals surface area contributed by atoms with Crippen LogP contribution in [0.15, 0.2) is 98.9 Å². The molecule has 0 saturated carbocycles. The Balaban J connectivity index is 1.68. The van der Waals surface area contributed by atoms with Crippen molar-refractivity contribution in [2.75, 3.05) is 16.6 Å². The second-order valence-electron chi connectivity index (χ2n) is 7.72. The number of nitrogens with zero attached hydrogens (tertiary/aromatic N) is 3. The summed E-state index contributed by atoms with van der Waals surface area (Å²) in [6, 6.07) is 19.5. The van der Waals surface area contributed by atoms with Crippen molar-refractivity contribution in [3.8, 4) is 5.75 Å². The number of hydrogen-bond donors (Lipinski definition) is 3. The molecule has 4 aromatic carbocycles. The molecule has 0 aliphatic heterocycles. The van der Waals surface area contributed by atoms with Crippen LogP contribution in [0.1, 0.15) is 6.92 Å². The summed E-state index contributed by atoms with van der Waals surface area (Å²) >= 11 is 0. The zero-order valence-electron chi connectivity index (χ0n) is 19.0. The molecule has 0 bridgehead atoms. The minimum Gasteiger partial charge on any atom is -0.507 e. The van der Waals surface area contributed by atoms with E-state index in [1.165, 1.54) is 46.8 Å². The number of hydrogen-bond acceptors (Lipinski definition) is 8. The fourth-order valence-electron chi connectivity index (χ4n) is 3.68. The van der Waals surface area contributed by atoms with Crippen LogP contribution in [0.5, 0.6) is 5.75 Å². The van der Waals surface area contributed by atoms with Gasteiger partial charge in [-0.3, -0.25) is 8.86 Å². The normalized spacial score (nSPS) is 12.3. The summed E-state index contributed by atoms with van der Waals surface area (Å²) < 4.78 is 59.8. The van der Waals surface area contributed by atoms with Gasteiger partial charge in [0.05, 0.1) is 32.2 Å². The highest BCUT2D eigenvalue weighted by Crippen LogP contribution is 2.40. The van der Waals surface area contributed by atoms with E-state index in [2.05, 4.69) is 10.2 Å². The van der Waals surface area contributed by atoms with Crippen LogP contribution in [-0.4, -0.2) is 33.0 Å². The lowest BCUT2D eigenvalue weighted by atomic mass is 10.1. The van der Waals surface area contributed by atoms with Gasteiger partial charge in [0.1, 0.15) is 11.4 Å². The number of phenolic OH excluding ortho intramolecular Hbond substituents is 1. The topological polar surface area (TPSA) is 163 Å². The van der Waals surface area contributed by atoms with Gasteiger partial charge >= 0.3 is 0 Å². The number of para-hydroxylation sites is 1. The van der Waals surface area contributed by atoms with E-state index in [9.17, 15) is 26.5 Å². The summed E-state index contributed by atoms with van der Waals surface area (Å²) in [6.45, 7) is 1.99. The zero-order valence-corrected chi connectivity index (χ0v) is 20.6. The van der Waals surface area contributed by atoms with Crippen molar-refractivity contribution in [1.29, 1.82) is 0 Å². The van der Waals surface area contributed by atoms with E-state index in [1.54, 1.807) is 37.3 Å². The average Bonchev–Trinajstić information content (AvgIpc) is 2.84. The predicted molar refractivity (Wildman–Crippen MR) is 137 cm³/mol. The largest absolute Gasteiger partial charge is 0.507 e. The highest BCUT2D eigenvalue weighted by atomic mass is 32.2. The number of fused-ring (bicyclic) bond motifs is 1. The first-order chi connectivity index (χ1) is 17.0. The molecule has 12 heteroatoms. The molecule has 0 atom stereocenters. The number of nitrogen functional groups attached to an aromatic ring is 1. The molecule has 0 spiro atoms. The van der Waals surface area contributed by atoms with Gasteiger partial charge in [0.2, 0.25) is 0 Å². The molecular formula is C24H22N4O6S2. The van der Waals surface area contributed by atoms with Crippen LogP contribution < -0.4 is 10.0 Å². The van der Waals surface area contributed by atoms with Crippen molar-refractivity contribution in [2.45, 2.75) is 16.7 Å². The summed E-state index contributed by atoms with van der Waals surface area (Å²) in [6.07, 6.45) is 0. The van der Waals surface area contributed by atoms with Gasteiger partial charge in [0, 0.05) is 12.6 Å². The van der Waals surface area contributed by atoms with Gasteiger partial charge in [-0.05, 0) is 60.8 Å². The molecule has 0 fully saturated rings. The smallest absolute Gasteiger partial charge is 0.294 e. The van der Waals surface area contributed by atoms with E-state index in [0.29, 0.717) is 11.4 Å². The molecule has 36 heavy (non-hydrogen) atoms. The molecule has 186 valence electrons. The Morgan fingerprint density at radius 2 is 1.53 bits per heavy atom. The lowest BCUT2D eigenvalue weighted by Crippen LogP contribution is -2.30. The highest BCUT2D eigenvalue weighted by Gasteiger charge is 2.23. The first-order valence-electron chi connectivity index (χ1n) is 10.6. The van der Waals surface area contributed by atoms with E-state index in [4.69, 9.17) is 5.73 Å². The minimum atomic E-state index is -4.54. The number of rotatable bonds is 7. The molecule has 0 unspecified atom stereocenters. The van der Waals surface area contributed by atoms with Crippen LogP contribution in [0.25, 0.3) is 10.8 Å². The third kappa shape index (κ3) is 4.87. The number of sulfonamides is 1. The molecule has 0 radical (unpaired) electrons. The number of benzene rings is 4. The molecule has 0 amide bonds. The zero-order chi connectivity index (χ0) is 26.1. The summed E-state index contributed by atoms with van der Waals surface area (Å²) in [5.74, 6) is -0.455. The lowest BCUT2D eigenvalue weighted by molar-refractivity contribution is 0.471. The van der Waals surface area contributed by atoms with Crippen molar-refractivity contribution >= 4 is 53.7 Å². The predicted octanol–water partition coefficient (Wildman–Crippen LogP) is 5.00. The fourth-order valence-corrected chi connectivity index (χ4v) is 5.69. The summed E-state index contributed by atoms with van der Waals surface area (Å²) in [5, 5.41) is 19.0. The Hall–Kier alpha value is -4.00. The Labute approximate surface area is 208 Å². The number of anilines is 2. The molecule has 4 N–H and O–H groups in total. The van der Waals surface area contributed by atoms with Crippen LogP contribution >= 0.6 is 0 Å². The summed E-state index contributed by atoms with van der Waals surface area (Å²) in [5.41, 5.74) is 7.14. The fraction of sp³-hybridized carbons (Fsp3) is 0.0833. The molecule has 0 aromatic heterocycles. The first-order valence-corrected chi connectivity index (χ1v) is 13.5. The molecular weight excluding hydrogens is 504 g/mol. The number of nitrogens with two attached hydrogens (primary N) is 1. The van der Waals surface area contributed by atoms with Gasteiger partial charge in [-0.25, -0.2) is 8.42 Å². The van der Waals surface area contributed by atoms with Crippen molar-refractivity contribution in [3.63, 3.8) is 0 Å². The molecule has 0 aliphatic rings. The molecule has 0 aliphatic carbocycles. The third-order valence-corrected chi connectivity index (χ3v) is 8.14. The van der Waals surface area contributed by atoms with Gasteiger partial charge in [-0.2, -0.15) is 13.5 Å². The van der Waals surface area contributed by atoms with Crippen LogP contribution in [-0.2, 0) is 20.1 Å². The number of phenols is 1. The van der Waals surface area contributed by atoms with Gasteiger partial charge in [-0.15, -0.1) is 5.11 Å². The third-order valence-electron chi connectivity index (χ3n) is 5.39. The molecule has 0 saturated heterocycles. The van der Waals surface area contributed by atoms with Crippen molar-refractivity contribution in [3.05, 3.63) is 78.9 Å². The molecule has 10 nitrogen and oxygen atoms in total. The Kier molecular flexibility index (Phi) is 6.67. The Bertz CT molecular complexity index is 1670. The second-order valence-corrected chi connectivity index (χ2v) is 11.0. The van der Waals surface area contributed by atoms with Gasteiger partial charge < -0.3 is 10.8 Å². The molecule has 0 heterocycles. The van der Waals surface area contributed by atoms with E-state index < -0.39 is 30.8 Å². The lowest BCUT2D eigenvalue weighted by Gasteiger charge is -2.22. The van der Waals surface area contributed by atoms with E-state index in [-0.39, 0.29) is 33.6 Å². The summed E-state index contributed by atoms with van der Waals surface area (Å²) in [7, 11) is -8.34. The maximum atomic E-state index is 13.1. The van der Waals surface area contributed by atoms with E-state index in [1.807, 2.05) is 0 Å². The van der Waals surface area contributed by atoms with E-state index >= 15 is 0 Å². The number of aromatic hydroxyl groups is 1. The maximum absolute atomic E-state index is 13.1. The standard InChI is InChI=1S/C24H22N4O6S2/c1-2-28(18-6-4-3-5-7-18)35(30,31)19-11-9-17(10-12-19)26-27-24-21(25)13-8-16-14-20(36(32,33)34)15-22(29)23(16)24/h3-15,29H,2,25H2,1H3,(H,32,33,34). The maximum Gasteiger partial charge on any atom is 0.294 e. The SMILES string of the molecule is CCN(c1ccccc1)S(=O)(=O)c1ccc(N=Nc2c(N)ccc3cc(S(=O)(=O)O)cc(O)c23)cc1. The van der Waals surface area contributed by atoms with Crippen molar-refractivity contribution in [1.82, 2.24) is 0 Å². The first kappa shape index (κ1) is 25.1. The van der Waals surface area contributed by atoms with Crippen LogP contribution in [0.3, 0.4) is 0 Å². The van der Waals surface area contributed by atoms with Gasteiger partial charge in [0.25, 0.3) is 20.1 Å². The Morgan fingerprint density at radius 1 is 0.861 bits per heavy atom. The molecule has 4 rings (SSSR count). The average molecular weight is 527 g/mol. The van der Waals surface area contributed by atoms with Crippen LogP contribution in [0.4, 0.5) is 22.7 Å². The van der Waals surface area contributed by atoms with Crippen LogP contribution in [0, 0.1) is 0 Å². The highest BCUT2D eigenvalue weighted by molar-refractivity contribution is 7.92. The quantitative estimate of drug-likeness (QED) is 0.173. The summed E-state index contributed by atoms with van der Waals surface area (Å²) in [4.78, 5) is -0.402. The monoisotopic (exact) mass is 526 g/mol. The van der Waals surface area contributed by atoms with Crippen LogP contribution in [0.2, 0.25) is 0 Å². The van der Waals surface area contributed by atoms with Gasteiger partial charge in [-0.1, -0.05) is 24.3 Å². The number of azo groups is 1. The minimum absolute atomic E-state index is 0.0761. The Morgan fingerprint density at radius 3 is 2.14 bits per heavy atom. The second kappa shape index (κ2) is 9.57. The van der Waals surface area contributed by atoms with Crippen molar-refractivity contribution < 1.29 is 26.5 Å². The van der Waals surface area contributed by atoms with Crippen molar-refractivity contribution in [2.24, 2.45) is 10.2 Å². The van der Waals surface area contributed by atoms with Gasteiger partial charge in [0.15, 0.2) is 0 Å².